The van der Waals surface area contributed by atoms with Crippen molar-refractivity contribution >= 4 is 28.4 Å². The smallest absolute Gasteiger partial charge is 0.268 e. The highest BCUT2D eigenvalue weighted by atomic mass is 19.1. The van der Waals surface area contributed by atoms with Gasteiger partial charge < -0.3 is 20.3 Å². The average molecular weight is 385 g/mol. The van der Waals surface area contributed by atoms with Crippen LogP contribution in [0.5, 0.6) is 0 Å². The predicted molar refractivity (Wildman–Crippen MR) is 98.4 cm³/mol. The van der Waals surface area contributed by atoms with E-state index in [1.165, 1.54) is 4.90 Å². The van der Waals surface area contributed by atoms with Gasteiger partial charge in [0.15, 0.2) is 0 Å². The number of anilines is 1. The molecule has 3 aromatic rings. The summed E-state index contributed by atoms with van der Waals surface area (Å²) in [5.74, 6) is -3.17. The third-order valence-electron chi connectivity index (χ3n) is 4.90. The lowest BCUT2D eigenvalue weighted by molar-refractivity contribution is -0.149. The van der Waals surface area contributed by atoms with Gasteiger partial charge in [0, 0.05) is 48.4 Å². The van der Waals surface area contributed by atoms with Crippen LogP contribution in [0.3, 0.4) is 0 Å². The number of nitrogens with zero attached hydrogens (tertiary/aromatic N) is 1. The summed E-state index contributed by atoms with van der Waals surface area (Å²) in [4.78, 5) is 29.6. The standard InChI is InChI=1S/C20H17F2N3O3/c21-14-7-12(8-15(22)10-14)11-24-18(26)20(28)4-6-25(19(20)27)16-1-2-17-13(9-16)3-5-23-17/h1-3,5,7-10,23,28H,4,6,11H2,(H,24,26). The lowest BCUT2D eigenvalue weighted by Gasteiger charge is -2.22. The van der Waals surface area contributed by atoms with E-state index >= 15 is 0 Å². The number of carbonyl (C=O) groups excluding carboxylic acids is 2. The highest BCUT2D eigenvalue weighted by Crippen LogP contribution is 2.30. The highest BCUT2D eigenvalue weighted by Gasteiger charge is 2.51. The summed E-state index contributed by atoms with van der Waals surface area (Å²) >= 11 is 0. The lowest BCUT2D eigenvalue weighted by Crippen LogP contribution is -2.52. The van der Waals surface area contributed by atoms with E-state index in [1.807, 2.05) is 12.1 Å². The molecule has 1 atom stereocenters. The second-order valence-corrected chi connectivity index (χ2v) is 6.78. The molecule has 144 valence electrons. The molecule has 1 aliphatic rings. The predicted octanol–water partition coefficient (Wildman–Crippen LogP) is 2.23. The molecule has 0 radical (unpaired) electrons. The first-order chi connectivity index (χ1) is 13.4. The Morgan fingerprint density at radius 2 is 1.93 bits per heavy atom. The van der Waals surface area contributed by atoms with E-state index in [0.29, 0.717) is 5.69 Å². The molecule has 1 saturated heterocycles. The summed E-state index contributed by atoms with van der Waals surface area (Å²) in [5, 5.41) is 14.0. The number of carbonyl (C=O) groups is 2. The highest BCUT2D eigenvalue weighted by molar-refractivity contribution is 6.16. The minimum absolute atomic E-state index is 0.0830. The molecule has 28 heavy (non-hydrogen) atoms. The molecule has 2 amide bonds. The molecule has 1 aromatic heterocycles. The summed E-state index contributed by atoms with van der Waals surface area (Å²) in [7, 11) is 0. The molecule has 0 aliphatic carbocycles. The average Bonchev–Trinajstić information content (AvgIpc) is 3.24. The Morgan fingerprint density at radius 1 is 1.18 bits per heavy atom. The SMILES string of the molecule is O=C(NCc1cc(F)cc(F)c1)C1(O)CCN(c2ccc3[nH]ccc3c2)C1=O. The minimum Gasteiger partial charge on any atom is -0.372 e. The van der Waals surface area contributed by atoms with Crippen LogP contribution in [-0.4, -0.2) is 34.1 Å². The van der Waals surface area contributed by atoms with Gasteiger partial charge >= 0.3 is 0 Å². The molecule has 1 aliphatic heterocycles. The fourth-order valence-electron chi connectivity index (χ4n) is 3.41. The first-order valence-corrected chi connectivity index (χ1v) is 8.71. The first kappa shape index (κ1) is 18.1. The fourth-order valence-corrected chi connectivity index (χ4v) is 3.41. The maximum absolute atomic E-state index is 13.3. The lowest BCUT2D eigenvalue weighted by atomic mass is 10.0. The van der Waals surface area contributed by atoms with Gasteiger partial charge in [-0.2, -0.15) is 0 Å². The van der Waals surface area contributed by atoms with Gasteiger partial charge in [-0.1, -0.05) is 0 Å². The number of nitrogens with one attached hydrogen (secondary N) is 2. The quantitative estimate of drug-likeness (QED) is 0.602. The summed E-state index contributed by atoms with van der Waals surface area (Å²) in [5.41, 5.74) is -0.549. The van der Waals surface area contributed by atoms with Crippen LogP contribution in [0, 0.1) is 11.6 Å². The number of amides is 2. The molecule has 0 spiro atoms. The second-order valence-electron chi connectivity index (χ2n) is 6.78. The number of aliphatic hydroxyl groups is 1. The maximum atomic E-state index is 13.3. The zero-order valence-corrected chi connectivity index (χ0v) is 14.7. The normalized spacial score (nSPS) is 19.4. The number of H-pyrrole nitrogens is 1. The van der Waals surface area contributed by atoms with Crippen LogP contribution in [0.4, 0.5) is 14.5 Å². The van der Waals surface area contributed by atoms with Crippen molar-refractivity contribution in [2.45, 2.75) is 18.6 Å². The van der Waals surface area contributed by atoms with Crippen LogP contribution < -0.4 is 10.2 Å². The fraction of sp³-hybridized carbons (Fsp3) is 0.200. The Kier molecular flexibility index (Phi) is 4.35. The Bertz CT molecular complexity index is 1060. The summed E-state index contributed by atoms with van der Waals surface area (Å²) < 4.78 is 26.5. The third kappa shape index (κ3) is 3.11. The van der Waals surface area contributed by atoms with E-state index in [-0.39, 0.29) is 25.1 Å². The van der Waals surface area contributed by atoms with Gasteiger partial charge in [0.05, 0.1) is 0 Å². The van der Waals surface area contributed by atoms with Crippen molar-refractivity contribution in [1.82, 2.24) is 10.3 Å². The monoisotopic (exact) mass is 385 g/mol. The van der Waals surface area contributed by atoms with Crippen LogP contribution in [0.25, 0.3) is 10.9 Å². The summed E-state index contributed by atoms with van der Waals surface area (Å²) in [6.45, 7) is -0.0360. The Hall–Kier alpha value is -3.26. The molecule has 1 fully saturated rings. The van der Waals surface area contributed by atoms with Crippen molar-refractivity contribution in [3.8, 4) is 0 Å². The van der Waals surface area contributed by atoms with Crippen LogP contribution in [0.15, 0.2) is 48.7 Å². The molecule has 2 aromatic carbocycles. The van der Waals surface area contributed by atoms with Crippen molar-refractivity contribution in [2.24, 2.45) is 0 Å². The number of rotatable bonds is 4. The van der Waals surface area contributed by atoms with Crippen LogP contribution in [0.1, 0.15) is 12.0 Å². The van der Waals surface area contributed by atoms with Crippen LogP contribution in [-0.2, 0) is 16.1 Å². The van der Waals surface area contributed by atoms with Crippen molar-refractivity contribution in [3.63, 3.8) is 0 Å². The van der Waals surface area contributed by atoms with Gasteiger partial charge in [-0.3, -0.25) is 9.59 Å². The Labute approximate surface area is 158 Å². The van der Waals surface area contributed by atoms with E-state index in [0.717, 1.165) is 29.1 Å². The number of aromatic amines is 1. The molecule has 0 saturated carbocycles. The van der Waals surface area contributed by atoms with Gasteiger partial charge in [-0.05, 0) is 42.0 Å². The number of halogens is 2. The van der Waals surface area contributed by atoms with Gasteiger partial charge in [0.1, 0.15) is 11.6 Å². The molecular weight excluding hydrogens is 368 g/mol. The second kappa shape index (κ2) is 6.72. The number of hydrogen-bond acceptors (Lipinski definition) is 3. The van der Waals surface area contributed by atoms with Crippen LogP contribution in [0.2, 0.25) is 0 Å². The first-order valence-electron chi connectivity index (χ1n) is 8.71. The number of fused-ring (bicyclic) bond motifs is 1. The van der Waals surface area contributed by atoms with E-state index in [4.69, 9.17) is 0 Å². The van der Waals surface area contributed by atoms with Crippen molar-refractivity contribution in [3.05, 3.63) is 65.9 Å². The molecule has 0 bridgehead atoms. The van der Waals surface area contributed by atoms with Gasteiger partial charge in [0.25, 0.3) is 11.8 Å². The molecule has 6 nitrogen and oxygen atoms in total. The minimum atomic E-state index is -2.22. The Balaban J connectivity index is 1.49. The molecule has 1 unspecified atom stereocenters. The topological polar surface area (TPSA) is 85.4 Å². The largest absolute Gasteiger partial charge is 0.372 e. The molecule has 3 N–H and O–H groups in total. The summed E-state index contributed by atoms with van der Waals surface area (Å²) in [6.07, 6.45) is 1.69. The summed E-state index contributed by atoms with van der Waals surface area (Å²) in [6, 6.07) is 10.1. The van der Waals surface area contributed by atoms with E-state index < -0.39 is 29.0 Å². The number of aromatic nitrogens is 1. The number of benzene rings is 2. The Morgan fingerprint density at radius 3 is 2.68 bits per heavy atom. The third-order valence-corrected chi connectivity index (χ3v) is 4.90. The van der Waals surface area contributed by atoms with E-state index in [2.05, 4.69) is 10.3 Å². The van der Waals surface area contributed by atoms with Crippen LogP contribution >= 0.6 is 0 Å². The van der Waals surface area contributed by atoms with Gasteiger partial charge in [-0.25, -0.2) is 8.78 Å². The van der Waals surface area contributed by atoms with E-state index in [9.17, 15) is 23.5 Å². The van der Waals surface area contributed by atoms with Crippen molar-refractivity contribution in [2.75, 3.05) is 11.4 Å². The van der Waals surface area contributed by atoms with Crippen molar-refractivity contribution < 1.29 is 23.5 Å². The number of hydrogen-bond donors (Lipinski definition) is 3. The van der Waals surface area contributed by atoms with Gasteiger partial charge in [-0.15, -0.1) is 0 Å². The zero-order valence-electron chi connectivity index (χ0n) is 14.7. The molecule has 8 heteroatoms. The molecular formula is C20H17F2N3O3. The molecule has 2 heterocycles. The maximum Gasteiger partial charge on any atom is 0.268 e. The van der Waals surface area contributed by atoms with E-state index in [1.54, 1.807) is 18.3 Å². The molecule has 4 rings (SSSR count). The van der Waals surface area contributed by atoms with Crippen molar-refractivity contribution in [1.29, 1.82) is 0 Å². The van der Waals surface area contributed by atoms with Gasteiger partial charge in [0.2, 0.25) is 5.60 Å². The zero-order chi connectivity index (χ0) is 19.9.